The van der Waals surface area contributed by atoms with Crippen LogP contribution in [0, 0.1) is 13.8 Å². The van der Waals surface area contributed by atoms with Crippen molar-refractivity contribution in [3.8, 4) is 0 Å². The Morgan fingerprint density at radius 3 is 2.72 bits per heavy atom. The van der Waals surface area contributed by atoms with Crippen molar-refractivity contribution in [1.29, 1.82) is 0 Å². The van der Waals surface area contributed by atoms with Crippen LogP contribution in [0.3, 0.4) is 0 Å². The SMILES string of the molecule is CCN1CCC(n2nccc2NCc2c(C)nn(CCO)c2C)CC1. The Hall–Kier alpha value is -1.86. The highest BCUT2D eigenvalue weighted by molar-refractivity contribution is 5.37. The van der Waals surface area contributed by atoms with E-state index in [0.29, 0.717) is 12.6 Å². The van der Waals surface area contributed by atoms with Crippen LogP contribution >= 0.6 is 0 Å². The Labute approximate surface area is 149 Å². The zero-order valence-corrected chi connectivity index (χ0v) is 15.6. The van der Waals surface area contributed by atoms with Crippen molar-refractivity contribution in [2.45, 2.75) is 52.7 Å². The minimum atomic E-state index is 0.109. The van der Waals surface area contributed by atoms with Crippen LogP contribution in [-0.2, 0) is 13.1 Å². The number of piperidine rings is 1. The summed E-state index contributed by atoms with van der Waals surface area (Å²) in [5, 5.41) is 21.8. The van der Waals surface area contributed by atoms with E-state index in [0.717, 1.165) is 56.2 Å². The van der Waals surface area contributed by atoms with Gasteiger partial charge in [0.1, 0.15) is 5.82 Å². The third kappa shape index (κ3) is 3.88. The molecular weight excluding hydrogens is 316 g/mol. The van der Waals surface area contributed by atoms with Gasteiger partial charge in [0.2, 0.25) is 0 Å². The third-order valence-electron chi connectivity index (χ3n) is 5.31. The Morgan fingerprint density at radius 1 is 1.28 bits per heavy atom. The molecule has 0 radical (unpaired) electrons. The number of aliphatic hydroxyl groups is 1. The maximum atomic E-state index is 9.15. The highest BCUT2D eigenvalue weighted by Crippen LogP contribution is 2.26. The summed E-state index contributed by atoms with van der Waals surface area (Å²) in [7, 11) is 0. The first-order chi connectivity index (χ1) is 12.1. The van der Waals surface area contributed by atoms with E-state index in [1.807, 2.05) is 17.8 Å². The van der Waals surface area contributed by atoms with E-state index in [1.54, 1.807) is 0 Å². The van der Waals surface area contributed by atoms with Crippen LogP contribution in [0.4, 0.5) is 5.82 Å². The average Bonchev–Trinajstić information content (AvgIpc) is 3.19. The molecule has 1 aliphatic heterocycles. The van der Waals surface area contributed by atoms with Crippen LogP contribution in [-0.4, -0.2) is 55.8 Å². The molecule has 1 aliphatic rings. The molecule has 7 nitrogen and oxygen atoms in total. The molecule has 0 bridgehead atoms. The highest BCUT2D eigenvalue weighted by atomic mass is 16.3. The Bertz CT molecular complexity index is 684. The quantitative estimate of drug-likeness (QED) is 0.802. The lowest BCUT2D eigenvalue weighted by Crippen LogP contribution is -2.34. The average molecular weight is 346 g/mol. The van der Waals surface area contributed by atoms with Gasteiger partial charge in [0.15, 0.2) is 0 Å². The van der Waals surface area contributed by atoms with E-state index in [9.17, 15) is 0 Å². The van der Waals surface area contributed by atoms with E-state index in [4.69, 9.17) is 5.11 Å². The second kappa shape index (κ2) is 8.01. The number of likely N-dealkylation sites (tertiary alicyclic amines) is 1. The molecule has 2 aromatic rings. The van der Waals surface area contributed by atoms with Crippen molar-refractivity contribution in [1.82, 2.24) is 24.5 Å². The summed E-state index contributed by atoms with van der Waals surface area (Å²) in [6.07, 6.45) is 4.18. The smallest absolute Gasteiger partial charge is 0.124 e. The van der Waals surface area contributed by atoms with Gasteiger partial charge in [-0.05, 0) is 33.2 Å². The molecule has 3 rings (SSSR count). The standard InChI is InChI=1S/C18H30N6O/c1-4-22-9-6-16(7-10-22)24-18(5-8-20-24)19-13-17-14(2)21-23(11-12-25)15(17)3/h5,8,16,19,25H,4,6-7,9-13H2,1-3H3. The largest absolute Gasteiger partial charge is 0.394 e. The number of rotatable bonds is 7. The lowest BCUT2D eigenvalue weighted by atomic mass is 10.1. The number of hydrogen-bond donors (Lipinski definition) is 2. The number of nitrogens with one attached hydrogen (secondary N) is 1. The number of anilines is 1. The zero-order valence-electron chi connectivity index (χ0n) is 15.6. The molecule has 138 valence electrons. The van der Waals surface area contributed by atoms with Crippen LogP contribution in [0.2, 0.25) is 0 Å². The van der Waals surface area contributed by atoms with Crippen molar-refractivity contribution in [3.63, 3.8) is 0 Å². The Morgan fingerprint density at radius 2 is 2.04 bits per heavy atom. The summed E-state index contributed by atoms with van der Waals surface area (Å²) in [5.41, 5.74) is 3.32. The second-order valence-corrected chi connectivity index (χ2v) is 6.78. The van der Waals surface area contributed by atoms with Gasteiger partial charge in [-0.2, -0.15) is 10.2 Å². The fraction of sp³-hybridized carbons (Fsp3) is 0.667. The monoisotopic (exact) mass is 346 g/mol. The molecule has 0 atom stereocenters. The molecular formula is C18H30N6O. The minimum absolute atomic E-state index is 0.109. The summed E-state index contributed by atoms with van der Waals surface area (Å²) in [6, 6.07) is 2.52. The molecule has 0 aliphatic carbocycles. The third-order valence-corrected chi connectivity index (χ3v) is 5.31. The molecule has 1 fully saturated rings. The van der Waals surface area contributed by atoms with E-state index in [-0.39, 0.29) is 6.61 Å². The number of aromatic nitrogens is 4. The van der Waals surface area contributed by atoms with Gasteiger partial charge in [0.25, 0.3) is 0 Å². The fourth-order valence-electron chi connectivity index (χ4n) is 3.71. The summed E-state index contributed by atoms with van der Waals surface area (Å²) < 4.78 is 4.03. The van der Waals surface area contributed by atoms with Gasteiger partial charge in [-0.15, -0.1) is 0 Å². The summed E-state index contributed by atoms with van der Waals surface area (Å²) >= 11 is 0. The first-order valence-electron chi connectivity index (χ1n) is 9.27. The van der Waals surface area contributed by atoms with Crippen molar-refractivity contribution < 1.29 is 5.11 Å². The molecule has 2 aromatic heterocycles. The molecule has 0 saturated carbocycles. The normalized spacial score (nSPS) is 16.5. The van der Waals surface area contributed by atoms with E-state index in [2.05, 4.69) is 45.0 Å². The van der Waals surface area contributed by atoms with Gasteiger partial charge in [-0.1, -0.05) is 6.92 Å². The van der Waals surface area contributed by atoms with E-state index in [1.165, 1.54) is 5.56 Å². The summed E-state index contributed by atoms with van der Waals surface area (Å²) in [6.45, 7) is 11.1. The first-order valence-corrected chi connectivity index (χ1v) is 9.27. The molecule has 0 aromatic carbocycles. The van der Waals surface area contributed by atoms with Gasteiger partial charge in [-0.3, -0.25) is 4.68 Å². The number of aliphatic hydroxyl groups excluding tert-OH is 1. The van der Waals surface area contributed by atoms with Gasteiger partial charge >= 0.3 is 0 Å². The summed E-state index contributed by atoms with van der Waals surface area (Å²) in [4.78, 5) is 2.50. The molecule has 25 heavy (non-hydrogen) atoms. The number of aryl methyl sites for hydroxylation is 1. The maximum Gasteiger partial charge on any atom is 0.124 e. The molecule has 0 amide bonds. The van der Waals surface area contributed by atoms with Gasteiger partial charge in [0.05, 0.1) is 31.1 Å². The zero-order chi connectivity index (χ0) is 17.8. The van der Waals surface area contributed by atoms with Crippen molar-refractivity contribution in [3.05, 3.63) is 29.2 Å². The lowest BCUT2D eigenvalue weighted by molar-refractivity contribution is 0.188. The van der Waals surface area contributed by atoms with E-state index < -0.39 is 0 Å². The minimum Gasteiger partial charge on any atom is -0.394 e. The molecule has 0 unspecified atom stereocenters. The molecule has 7 heteroatoms. The second-order valence-electron chi connectivity index (χ2n) is 6.78. The topological polar surface area (TPSA) is 71.1 Å². The lowest BCUT2D eigenvalue weighted by Gasteiger charge is -2.31. The van der Waals surface area contributed by atoms with Crippen LogP contribution in [0.5, 0.6) is 0 Å². The highest BCUT2D eigenvalue weighted by Gasteiger charge is 2.22. The predicted octanol–water partition coefficient (Wildman–Crippen LogP) is 1.96. The van der Waals surface area contributed by atoms with Crippen LogP contribution in [0.25, 0.3) is 0 Å². The van der Waals surface area contributed by atoms with Crippen molar-refractivity contribution in [2.24, 2.45) is 0 Å². The number of nitrogens with zero attached hydrogens (tertiary/aromatic N) is 5. The molecule has 0 spiro atoms. The fourth-order valence-corrected chi connectivity index (χ4v) is 3.71. The molecule has 1 saturated heterocycles. The van der Waals surface area contributed by atoms with Gasteiger partial charge in [-0.25, -0.2) is 4.68 Å². The van der Waals surface area contributed by atoms with Crippen molar-refractivity contribution in [2.75, 3.05) is 31.6 Å². The molecule has 3 heterocycles. The van der Waals surface area contributed by atoms with E-state index >= 15 is 0 Å². The number of hydrogen-bond acceptors (Lipinski definition) is 5. The van der Waals surface area contributed by atoms with Crippen LogP contribution < -0.4 is 5.32 Å². The van der Waals surface area contributed by atoms with Crippen LogP contribution in [0.1, 0.15) is 42.8 Å². The Kier molecular flexibility index (Phi) is 5.75. The summed E-state index contributed by atoms with van der Waals surface area (Å²) in [5.74, 6) is 1.07. The van der Waals surface area contributed by atoms with Crippen LogP contribution in [0.15, 0.2) is 12.3 Å². The predicted molar refractivity (Wildman–Crippen MR) is 98.7 cm³/mol. The Balaban J connectivity index is 1.66. The van der Waals surface area contributed by atoms with Crippen molar-refractivity contribution >= 4 is 5.82 Å². The molecule has 2 N–H and O–H groups in total. The first kappa shape index (κ1) is 17.9. The van der Waals surface area contributed by atoms with Gasteiger partial charge in [0, 0.05) is 37.0 Å². The van der Waals surface area contributed by atoms with Gasteiger partial charge < -0.3 is 15.3 Å². The maximum absolute atomic E-state index is 9.15.